The molecule has 2 aromatic heterocycles. The van der Waals surface area contributed by atoms with Crippen LogP contribution in [0, 0.1) is 24.4 Å². The van der Waals surface area contributed by atoms with E-state index in [1.54, 1.807) is 18.2 Å². The van der Waals surface area contributed by atoms with Gasteiger partial charge in [0, 0.05) is 10.8 Å². The van der Waals surface area contributed by atoms with E-state index in [9.17, 15) is 18.4 Å². The van der Waals surface area contributed by atoms with Gasteiger partial charge in [-0.1, -0.05) is 29.8 Å². The van der Waals surface area contributed by atoms with Crippen LogP contribution in [0.5, 0.6) is 0 Å². The van der Waals surface area contributed by atoms with E-state index in [1.165, 1.54) is 24.4 Å². The smallest absolute Gasteiger partial charge is 0.245 e. The van der Waals surface area contributed by atoms with Gasteiger partial charge in [-0.2, -0.15) is 0 Å². The molecule has 0 bridgehead atoms. The van der Waals surface area contributed by atoms with E-state index in [-0.39, 0.29) is 22.0 Å². The van der Waals surface area contributed by atoms with E-state index >= 15 is 0 Å². The molecule has 8 heteroatoms. The number of imidazole rings is 1. The van der Waals surface area contributed by atoms with E-state index < -0.39 is 17.6 Å². The van der Waals surface area contributed by atoms with Gasteiger partial charge in [0.1, 0.15) is 23.4 Å². The highest BCUT2D eigenvalue weighted by Crippen LogP contribution is 2.32. The highest BCUT2D eigenvalue weighted by molar-refractivity contribution is 6.31. The summed E-state index contributed by atoms with van der Waals surface area (Å²) in [6, 6.07) is 17.2. The van der Waals surface area contributed by atoms with Gasteiger partial charge in [0.25, 0.3) is 0 Å². The standard InChI is InChI=1S/C27H20ClF3N3O/c1-15-2-10-22-23(12-15)33-27(32-22)19(13-16-3-6-18(29)7-4-16)24-11-5-17(14-34(24)35)25-21(30)9-8-20(28)26(25)31/h2-12,14,19,35H,13H2,1H3,(H,32,33)/q+1. The van der Waals surface area contributed by atoms with Gasteiger partial charge in [0.15, 0.2) is 5.82 Å². The Labute approximate surface area is 204 Å². The van der Waals surface area contributed by atoms with Crippen LogP contribution in [0.3, 0.4) is 0 Å². The molecule has 0 amide bonds. The Morgan fingerprint density at radius 1 is 1.00 bits per heavy atom. The molecule has 4 nitrogen and oxygen atoms in total. The third-order valence-corrected chi connectivity index (χ3v) is 6.28. The molecule has 5 aromatic rings. The second kappa shape index (κ2) is 9.07. The number of hydrogen-bond donors (Lipinski definition) is 2. The molecule has 1 unspecified atom stereocenters. The van der Waals surface area contributed by atoms with Crippen LogP contribution in [-0.4, -0.2) is 15.2 Å². The Balaban J connectivity index is 1.61. The number of fused-ring (bicyclic) bond motifs is 1. The molecule has 35 heavy (non-hydrogen) atoms. The van der Waals surface area contributed by atoms with E-state index in [2.05, 4.69) is 4.98 Å². The van der Waals surface area contributed by atoms with E-state index in [4.69, 9.17) is 16.6 Å². The maximum Gasteiger partial charge on any atom is 0.245 e. The predicted molar refractivity (Wildman–Crippen MR) is 127 cm³/mol. The number of hydrogen-bond acceptors (Lipinski definition) is 2. The minimum atomic E-state index is -0.907. The number of nitrogens with one attached hydrogen (secondary N) is 1. The summed E-state index contributed by atoms with van der Waals surface area (Å²) in [5, 5.41) is 10.7. The van der Waals surface area contributed by atoms with Crippen molar-refractivity contribution in [1.29, 1.82) is 0 Å². The number of aryl methyl sites for hydroxylation is 1. The monoisotopic (exact) mass is 494 g/mol. The molecule has 1 atom stereocenters. The lowest BCUT2D eigenvalue weighted by molar-refractivity contribution is -0.909. The van der Waals surface area contributed by atoms with Gasteiger partial charge in [-0.25, -0.2) is 18.2 Å². The molecule has 0 aliphatic carbocycles. The summed E-state index contributed by atoms with van der Waals surface area (Å²) in [6.45, 7) is 1.98. The number of halogens is 4. The SMILES string of the molecule is Cc1ccc2nc(C(Cc3ccc(F)cc3)c3ccc(-c4c(F)ccc(Cl)c4F)c[n+]3O)[nH]c2c1. The van der Waals surface area contributed by atoms with E-state index in [0.29, 0.717) is 17.9 Å². The van der Waals surface area contributed by atoms with Gasteiger partial charge >= 0.3 is 0 Å². The van der Waals surface area contributed by atoms with Crippen LogP contribution in [0.15, 0.2) is 72.9 Å². The van der Waals surface area contributed by atoms with Crippen LogP contribution in [0.1, 0.15) is 28.6 Å². The van der Waals surface area contributed by atoms with Crippen molar-refractivity contribution in [3.05, 3.63) is 118 Å². The molecule has 0 spiro atoms. The van der Waals surface area contributed by atoms with Gasteiger partial charge in [0.05, 0.1) is 27.2 Å². The zero-order valence-corrected chi connectivity index (χ0v) is 19.3. The summed E-state index contributed by atoms with van der Waals surface area (Å²) < 4.78 is 43.3. The molecule has 0 saturated carbocycles. The summed E-state index contributed by atoms with van der Waals surface area (Å²) in [7, 11) is 0. The van der Waals surface area contributed by atoms with Crippen molar-refractivity contribution in [3.8, 4) is 11.1 Å². The van der Waals surface area contributed by atoms with Crippen LogP contribution < -0.4 is 4.73 Å². The first-order valence-corrected chi connectivity index (χ1v) is 11.3. The van der Waals surface area contributed by atoms with Gasteiger partial charge in [0.2, 0.25) is 11.9 Å². The summed E-state index contributed by atoms with van der Waals surface area (Å²) >= 11 is 5.84. The first kappa shape index (κ1) is 22.9. The van der Waals surface area contributed by atoms with Crippen molar-refractivity contribution in [2.45, 2.75) is 19.3 Å². The fraction of sp³-hybridized carbons (Fsp3) is 0.111. The molecule has 0 aliphatic heterocycles. The third-order valence-electron chi connectivity index (χ3n) is 5.99. The number of pyridine rings is 1. The molecule has 0 fully saturated rings. The first-order valence-electron chi connectivity index (χ1n) is 10.9. The minimum absolute atomic E-state index is 0.120. The van der Waals surface area contributed by atoms with Gasteiger partial charge < -0.3 is 4.98 Å². The molecular weight excluding hydrogens is 475 g/mol. The van der Waals surface area contributed by atoms with Gasteiger partial charge in [-0.15, -0.1) is 0 Å². The molecule has 5 rings (SSSR count). The second-order valence-electron chi connectivity index (χ2n) is 8.43. The minimum Gasteiger partial charge on any atom is -0.341 e. The lowest BCUT2D eigenvalue weighted by Gasteiger charge is -2.13. The van der Waals surface area contributed by atoms with E-state index in [0.717, 1.165) is 39.0 Å². The van der Waals surface area contributed by atoms with Crippen molar-refractivity contribution in [1.82, 2.24) is 9.97 Å². The third kappa shape index (κ3) is 4.47. The number of H-pyrrole nitrogens is 1. The topological polar surface area (TPSA) is 52.8 Å². The van der Waals surface area contributed by atoms with Gasteiger partial charge in [-0.05, 0) is 66.9 Å². The van der Waals surface area contributed by atoms with Crippen molar-refractivity contribution >= 4 is 22.6 Å². The summed E-state index contributed by atoms with van der Waals surface area (Å²) in [4.78, 5) is 8.03. The van der Waals surface area contributed by atoms with Crippen molar-refractivity contribution in [2.24, 2.45) is 0 Å². The highest BCUT2D eigenvalue weighted by Gasteiger charge is 2.29. The molecule has 0 saturated heterocycles. The molecule has 3 aromatic carbocycles. The molecule has 2 N–H and O–H groups in total. The normalized spacial score (nSPS) is 12.3. The summed E-state index contributed by atoms with van der Waals surface area (Å²) in [6.07, 6.45) is 1.62. The lowest BCUT2D eigenvalue weighted by atomic mass is 9.94. The largest absolute Gasteiger partial charge is 0.341 e. The fourth-order valence-electron chi connectivity index (χ4n) is 4.22. The Kier molecular flexibility index (Phi) is 5.94. The predicted octanol–water partition coefficient (Wildman–Crippen LogP) is 6.51. The summed E-state index contributed by atoms with van der Waals surface area (Å²) in [5.41, 5.74) is 3.71. The number of nitrogens with zero attached hydrogens (tertiary/aromatic N) is 2. The zero-order valence-electron chi connectivity index (χ0n) is 18.6. The lowest BCUT2D eigenvalue weighted by Crippen LogP contribution is -2.37. The molecule has 2 heterocycles. The zero-order chi connectivity index (χ0) is 24.7. The number of benzene rings is 3. The Morgan fingerprint density at radius 2 is 1.77 bits per heavy atom. The Bertz CT molecular complexity index is 1550. The number of aromatic amines is 1. The fourth-order valence-corrected chi connectivity index (χ4v) is 4.38. The van der Waals surface area contributed by atoms with Crippen LogP contribution >= 0.6 is 11.6 Å². The van der Waals surface area contributed by atoms with Crippen LogP contribution in [0.25, 0.3) is 22.2 Å². The second-order valence-corrected chi connectivity index (χ2v) is 8.84. The average molecular weight is 495 g/mol. The molecular formula is C27H20ClF3N3O+. The molecule has 176 valence electrons. The quantitative estimate of drug-likeness (QED) is 0.166. The maximum absolute atomic E-state index is 14.6. The van der Waals surface area contributed by atoms with Crippen molar-refractivity contribution in [2.75, 3.05) is 0 Å². The highest BCUT2D eigenvalue weighted by atomic mass is 35.5. The van der Waals surface area contributed by atoms with Gasteiger partial charge in [-0.3, -0.25) is 5.21 Å². The number of aromatic nitrogens is 3. The molecule has 0 aliphatic rings. The molecule has 0 radical (unpaired) electrons. The Hall–Kier alpha value is -3.84. The van der Waals surface area contributed by atoms with Crippen LogP contribution in [0.4, 0.5) is 13.2 Å². The summed E-state index contributed by atoms with van der Waals surface area (Å²) in [5.74, 6) is -1.94. The number of rotatable bonds is 5. The van der Waals surface area contributed by atoms with Crippen molar-refractivity contribution < 1.29 is 23.1 Å². The van der Waals surface area contributed by atoms with Crippen LogP contribution in [-0.2, 0) is 6.42 Å². The van der Waals surface area contributed by atoms with Crippen molar-refractivity contribution in [3.63, 3.8) is 0 Å². The Morgan fingerprint density at radius 3 is 2.51 bits per heavy atom. The first-order chi connectivity index (χ1) is 16.8. The van der Waals surface area contributed by atoms with E-state index in [1.807, 2.05) is 25.1 Å². The average Bonchev–Trinajstić information content (AvgIpc) is 3.25. The maximum atomic E-state index is 14.6. The van der Waals surface area contributed by atoms with Crippen LogP contribution in [0.2, 0.25) is 5.02 Å².